The molecule has 0 fully saturated rings. The number of carbonyl (C=O) groups excluding carboxylic acids is 3. The summed E-state index contributed by atoms with van der Waals surface area (Å²) in [7, 11) is 0. The van der Waals surface area contributed by atoms with Gasteiger partial charge in [-0.15, -0.1) is 0 Å². The van der Waals surface area contributed by atoms with Crippen LogP contribution in [0.25, 0.3) is 0 Å². The molecule has 30 heavy (non-hydrogen) atoms. The predicted octanol–water partition coefficient (Wildman–Crippen LogP) is 4.63. The molecule has 0 aliphatic carbocycles. The van der Waals surface area contributed by atoms with E-state index in [4.69, 9.17) is 23.2 Å². The first-order valence-corrected chi connectivity index (χ1v) is 9.62. The number of nitrogens with one attached hydrogen (secondary N) is 3. The van der Waals surface area contributed by atoms with Crippen LogP contribution in [0, 0.1) is 6.92 Å². The molecule has 3 aromatic carbocycles. The maximum Gasteiger partial charge on any atom is 0.269 e. The molecule has 0 aromatic heterocycles. The van der Waals surface area contributed by atoms with Crippen LogP contribution in [0.3, 0.4) is 0 Å². The number of amides is 3. The van der Waals surface area contributed by atoms with Crippen molar-refractivity contribution in [2.45, 2.75) is 6.92 Å². The first-order valence-electron chi connectivity index (χ1n) is 8.87. The number of aryl methyl sites for hydroxylation is 1. The lowest BCUT2D eigenvalue weighted by Crippen LogP contribution is -2.41. The van der Waals surface area contributed by atoms with Gasteiger partial charge in [0.05, 0.1) is 0 Å². The fourth-order valence-corrected chi connectivity index (χ4v) is 3.16. The Labute approximate surface area is 183 Å². The van der Waals surface area contributed by atoms with Crippen LogP contribution in [0.15, 0.2) is 66.7 Å². The monoisotopic (exact) mass is 441 g/mol. The van der Waals surface area contributed by atoms with E-state index < -0.39 is 11.8 Å². The molecule has 152 valence electrons. The van der Waals surface area contributed by atoms with Gasteiger partial charge in [-0.3, -0.25) is 25.2 Å². The molecular formula is C22H17Cl2N3O3. The number of benzene rings is 3. The SMILES string of the molecule is Cc1cccc(C(=O)Nc2ccc(C(=O)NNC(=O)c3cc(Cl)cc(Cl)c3)cc2)c1. The minimum Gasteiger partial charge on any atom is -0.322 e. The molecule has 3 amide bonds. The van der Waals surface area contributed by atoms with E-state index in [1.807, 2.05) is 19.1 Å². The number of carbonyl (C=O) groups is 3. The summed E-state index contributed by atoms with van der Waals surface area (Å²) in [5.41, 5.74) is 7.19. The van der Waals surface area contributed by atoms with E-state index in [0.717, 1.165) is 5.56 Å². The highest BCUT2D eigenvalue weighted by molar-refractivity contribution is 6.35. The third-order valence-corrected chi connectivity index (χ3v) is 4.54. The minimum atomic E-state index is -0.560. The lowest BCUT2D eigenvalue weighted by atomic mass is 10.1. The summed E-state index contributed by atoms with van der Waals surface area (Å²) in [6, 6.07) is 17.8. The number of hydrogen-bond donors (Lipinski definition) is 3. The fraction of sp³-hybridized carbons (Fsp3) is 0.0455. The van der Waals surface area contributed by atoms with E-state index in [-0.39, 0.29) is 11.5 Å². The van der Waals surface area contributed by atoms with Crippen LogP contribution in [-0.4, -0.2) is 17.7 Å². The van der Waals surface area contributed by atoms with Crippen LogP contribution in [0.2, 0.25) is 10.0 Å². The predicted molar refractivity (Wildman–Crippen MR) is 117 cm³/mol. The average molecular weight is 442 g/mol. The first-order chi connectivity index (χ1) is 14.3. The van der Waals surface area contributed by atoms with Crippen LogP contribution < -0.4 is 16.2 Å². The second kappa shape index (κ2) is 9.43. The summed E-state index contributed by atoms with van der Waals surface area (Å²) in [5, 5.41) is 3.38. The third kappa shape index (κ3) is 5.59. The summed E-state index contributed by atoms with van der Waals surface area (Å²) in [4.78, 5) is 36.7. The fourth-order valence-electron chi connectivity index (χ4n) is 2.64. The number of anilines is 1. The van der Waals surface area contributed by atoms with Gasteiger partial charge in [0, 0.05) is 32.4 Å². The van der Waals surface area contributed by atoms with E-state index >= 15 is 0 Å². The molecule has 0 aliphatic heterocycles. The molecule has 3 aromatic rings. The van der Waals surface area contributed by atoms with E-state index in [2.05, 4.69) is 16.2 Å². The maximum atomic E-state index is 12.3. The Balaban J connectivity index is 1.58. The highest BCUT2D eigenvalue weighted by atomic mass is 35.5. The number of hydrazine groups is 1. The molecule has 0 aliphatic rings. The van der Waals surface area contributed by atoms with Gasteiger partial charge in [0.1, 0.15) is 0 Å². The van der Waals surface area contributed by atoms with Crippen LogP contribution in [0.4, 0.5) is 5.69 Å². The van der Waals surface area contributed by atoms with Crippen molar-refractivity contribution >= 4 is 46.6 Å². The number of halogens is 2. The van der Waals surface area contributed by atoms with Crippen LogP contribution >= 0.6 is 23.2 Å². The van der Waals surface area contributed by atoms with Gasteiger partial charge in [-0.05, 0) is 61.5 Å². The van der Waals surface area contributed by atoms with E-state index in [1.165, 1.54) is 30.3 Å². The Hall–Kier alpha value is -3.35. The van der Waals surface area contributed by atoms with Crippen molar-refractivity contribution in [1.82, 2.24) is 10.9 Å². The quantitative estimate of drug-likeness (QED) is 0.515. The Morgan fingerprint density at radius 1 is 0.667 bits per heavy atom. The Morgan fingerprint density at radius 3 is 1.87 bits per heavy atom. The first kappa shape index (κ1) is 21.4. The van der Waals surface area contributed by atoms with Crippen molar-refractivity contribution in [3.8, 4) is 0 Å². The van der Waals surface area contributed by atoms with Gasteiger partial charge in [-0.1, -0.05) is 40.9 Å². The molecule has 0 spiro atoms. The van der Waals surface area contributed by atoms with Gasteiger partial charge in [0.25, 0.3) is 17.7 Å². The molecule has 0 heterocycles. The normalized spacial score (nSPS) is 10.2. The van der Waals surface area contributed by atoms with E-state index in [1.54, 1.807) is 24.3 Å². The smallest absolute Gasteiger partial charge is 0.269 e. The van der Waals surface area contributed by atoms with Gasteiger partial charge in [-0.25, -0.2) is 0 Å². The Bertz CT molecular complexity index is 1090. The lowest BCUT2D eigenvalue weighted by molar-refractivity contribution is 0.0846. The third-order valence-electron chi connectivity index (χ3n) is 4.10. The van der Waals surface area contributed by atoms with Crippen LogP contribution in [0.5, 0.6) is 0 Å². The molecule has 0 saturated heterocycles. The zero-order chi connectivity index (χ0) is 21.7. The zero-order valence-corrected chi connectivity index (χ0v) is 17.3. The highest BCUT2D eigenvalue weighted by Crippen LogP contribution is 2.19. The standard InChI is InChI=1S/C22H17Cl2N3O3/c1-13-3-2-4-15(9-13)20(28)25-19-7-5-14(6-8-19)21(29)26-27-22(30)16-10-17(23)12-18(24)11-16/h2-12H,1H3,(H,25,28)(H,26,29)(H,27,30). The summed E-state index contributed by atoms with van der Waals surface area (Å²) in [6.07, 6.45) is 0. The largest absolute Gasteiger partial charge is 0.322 e. The number of rotatable bonds is 4. The molecule has 3 N–H and O–H groups in total. The summed E-state index contributed by atoms with van der Waals surface area (Å²) >= 11 is 11.7. The van der Waals surface area contributed by atoms with Crippen molar-refractivity contribution in [2.24, 2.45) is 0 Å². The van der Waals surface area contributed by atoms with Gasteiger partial charge in [-0.2, -0.15) is 0 Å². The highest BCUT2D eigenvalue weighted by Gasteiger charge is 2.11. The van der Waals surface area contributed by atoms with Gasteiger partial charge >= 0.3 is 0 Å². The number of hydrogen-bond acceptors (Lipinski definition) is 3. The summed E-state index contributed by atoms with van der Waals surface area (Å²) < 4.78 is 0. The van der Waals surface area contributed by atoms with E-state index in [9.17, 15) is 14.4 Å². The van der Waals surface area contributed by atoms with Gasteiger partial charge in [0.2, 0.25) is 0 Å². The summed E-state index contributed by atoms with van der Waals surface area (Å²) in [6.45, 7) is 1.91. The second-order valence-corrected chi connectivity index (χ2v) is 7.34. The maximum absolute atomic E-state index is 12.3. The summed E-state index contributed by atoms with van der Waals surface area (Å²) in [5.74, 6) is -1.33. The van der Waals surface area contributed by atoms with Crippen molar-refractivity contribution in [3.05, 3.63) is 99.0 Å². The molecule has 8 heteroatoms. The molecule has 0 bridgehead atoms. The van der Waals surface area contributed by atoms with Crippen molar-refractivity contribution in [1.29, 1.82) is 0 Å². The van der Waals surface area contributed by atoms with Crippen LogP contribution in [0.1, 0.15) is 36.6 Å². The molecule has 3 rings (SSSR count). The zero-order valence-electron chi connectivity index (χ0n) is 15.8. The molecule has 0 unspecified atom stereocenters. The van der Waals surface area contributed by atoms with E-state index in [0.29, 0.717) is 26.9 Å². The van der Waals surface area contributed by atoms with Gasteiger partial charge < -0.3 is 5.32 Å². The van der Waals surface area contributed by atoms with Crippen LogP contribution in [-0.2, 0) is 0 Å². The Kier molecular flexibility index (Phi) is 6.72. The van der Waals surface area contributed by atoms with Crippen molar-refractivity contribution < 1.29 is 14.4 Å². The van der Waals surface area contributed by atoms with Crippen molar-refractivity contribution in [2.75, 3.05) is 5.32 Å². The molecule has 0 atom stereocenters. The molecule has 6 nitrogen and oxygen atoms in total. The lowest BCUT2D eigenvalue weighted by Gasteiger charge is -2.09. The van der Waals surface area contributed by atoms with Gasteiger partial charge in [0.15, 0.2) is 0 Å². The second-order valence-electron chi connectivity index (χ2n) is 6.47. The van der Waals surface area contributed by atoms with Crippen molar-refractivity contribution in [3.63, 3.8) is 0 Å². The average Bonchev–Trinajstić information content (AvgIpc) is 2.71. The molecule has 0 saturated carbocycles. The minimum absolute atomic E-state index is 0.210. The molecular weight excluding hydrogens is 425 g/mol. The molecule has 0 radical (unpaired) electrons. The topological polar surface area (TPSA) is 87.3 Å². The Morgan fingerprint density at radius 2 is 1.27 bits per heavy atom.